The van der Waals surface area contributed by atoms with E-state index in [1.54, 1.807) is 7.05 Å². The monoisotopic (exact) mass is 305 g/mol. The molecule has 0 saturated carbocycles. The van der Waals surface area contributed by atoms with Crippen molar-refractivity contribution in [2.75, 3.05) is 14.1 Å². The normalized spacial score (nSPS) is 12.1. The largest absolute Gasteiger partial charge is 0.355 e. The quantitative estimate of drug-likeness (QED) is 0.794. The maximum atomic E-state index is 11.5. The van der Waals surface area contributed by atoms with Gasteiger partial charge < -0.3 is 14.8 Å². The number of nitrogens with zero attached hydrogens (tertiary/aromatic N) is 2. The maximum Gasteiger partial charge on any atom is 0.251 e. The van der Waals surface area contributed by atoms with Crippen LogP contribution in [0, 0.1) is 4.77 Å². The summed E-state index contributed by atoms with van der Waals surface area (Å²) in [6, 6.07) is 7.71. The first-order valence-corrected chi connectivity index (χ1v) is 7.26. The van der Waals surface area contributed by atoms with Gasteiger partial charge in [0, 0.05) is 37.6 Å². The van der Waals surface area contributed by atoms with E-state index in [0.29, 0.717) is 5.56 Å². The van der Waals surface area contributed by atoms with E-state index in [9.17, 15) is 4.79 Å². The molecule has 1 heterocycles. The maximum absolute atomic E-state index is 11.5. The van der Waals surface area contributed by atoms with Crippen LogP contribution in [-0.2, 0) is 20.3 Å². The molecular weight excluding hydrogens is 284 g/mol. The highest BCUT2D eigenvalue weighted by Gasteiger charge is 2.08. The molecule has 6 heteroatoms. The summed E-state index contributed by atoms with van der Waals surface area (Å²) in [4.78, 5) is 12.8. The number of rotatable bonds is 5. The van der Waals surface area contributed by atoms with Crippen molar-refractivity contribution in [1.82, 2.24) is 14.5 Å². The minimum absolute atomic E-state index is 0.0576. The highest BCUT2D eigenvalue weighted by Crippen LogP contribution is 2.03. The fourth-order valence-electron chi connectivity index (χ4n) is 2.24. The number of hydrogen-bond acceptors (Lipinski definition) is 2. The van der Waals surface area contributed by atoms with Crippen LogP contribution in [0.3, 0.4) is 0 Å². The molecule has 1 aromatic heterocycles. The number of quaternary nitrogens is 1. The van der Waals surface area contributed by atoms with Gasteiger partial charge in [-0.1, -0.05) is 12.1 Å². The Morgan fingerprint density at radius 2 is 1.95 bits per heavy atom. The number of nitrogens with one attached hydrogen (secondary N) is 2. The summed E-state index contributed by atoms with van der Waals surface area (Å²) in [5.41, 5.74) is 1.88. The van der Waals surface area contributed by atoms with Crippen molar-refractivity contribution in [3.05, 3.63) is 52.6 Å². The first-order chi connectivity index (χ1) is 10.0. The number of aromatic nitrogens is 2. The topological polar surface area (TPSA) is 43.4 Å². The number of carbonyl (C=O) groups is 1. The van der Waals surface area contributed by atoms with Crippen LogP contribution in [0.4, 0.5) is 0 Å². The van der Waals surface area contributed by atoms with Gasteiger partial charge in [0.2, 0.25) is 0 Å². The zero-order valence-electron chi connectivity index (χ0n) is 12.6. The summed E-state index contributed by atoms with van der Waals surface area (Å²) in [6.45, 7) is 1.70. The zero-order chi connectivity index (χ0) is 15.4. The van der Waals surface area contributed by atoms with Crippen LogP contribution in [0.2, 0.25) is 0 Å². The molecule has 0 radical (unpaired) electrons. The molecule has 5 nitrogen and oxygen atoms in total. The molecule has 2 aromatic rings. The summed E-state index contributed by atoms with van der Waals surface area (Å²) in [7, 11) is 5.71. The van der Waals surface area contributed by atoms with E-state index in [0.717, 1.165) is 18.0 Å². The van der Waals surface area contributed by atoms with Crippen molar-refractivity contribution < 1.29 is 9.69 Å². The van der Waals surface area contributed by atoms with Gasteiger partial charge in [0.1, 0.15) is 6.54 Å². The Hall–Kier alpha value is -1.92. The van der Waals surface area contributed by atoms with Crippen LogP contribution < -0.4 is 10.2 Å². The molecule has 0 fully saturated rings. The van der Waals surface area contributed by atoms with Gasteiger partial charge in [0.05, 0.1) is 7.05 Å². The van der Waals surface area contributed by atoms with Gasteiger partial charge >= 0.3 is 0 Å². The predicted octanol–water partition coefficient (Wildman–Crippen LogP) is 0.588. The molecule has 112 valence electrons. The Balaban J connectivity index is 1.99. The van der Waals surface area contributed by atoms with Gasteiger partial charge in [0.25, 0.3) is 5.91 Å². The molecule has 2 N–H and O–H groups in total. The number of imidazole rings is 1. The van der Waals surface area contributed by atoms with Gasteiger partial charge in [-0.3, -0.25) is 9.36 Å². The zero-order valence-corrected chi connectivity index (χ0v) is 13.4. The lowest BCUT2D eigenvalue weighted by Crippen LogP contribution is -3.06. The molecule has 0 bridgehead atoms. The second-order valence-electron chi connectivity index (χ2n) is 5.23. The van der Waals surface area contributed by atoms with E-state index in [-0.39, 0.29) is 5.91 Å². The summed E-state index contributed by atoms with van der Waals surface area (Å²) in [6.07, 6.45) is 3.97. The minimum Gasteiger partial charge on any atom is -0.355 e. The van der Waals surface area contributed by atoms with Gasteiger partial charge in [-0.15, -0.1) is 0 Å². The van der Waals surface area contributed by atoms with Gasteiger partial charge in [0.15, 0.2) is 11.4 Å². The molecule has 21 heavy (non-hydrogen) atoms. The van der Waals surface area contributed by atoms with Crippen molar-refractivity contribution >= 4 is 18.1 Å². The minimum atomic E-state index is -0.0576. The van der Waals surface area contributed by atoms with E-state index >= 15 is 0 Å². The Kier molecular flexibility index (Phi) is 4.93. The Labute approximate surface area is 129 Å². The lowest BCUT2D eigenvalue weighted by atomic mass is 10.1. The highest BCUT2D eigenvalue weighted by molar-refractivity contribution is 7.71. The van der Waals surface area contributed by atoms with Crippen LogP contribution in [0.5, 0.6) is 0 Å². The molecule has 1 aromatic carbocycles. The molecule has 1 unspecified atom stereocenters. The number of aryl methyl sites for hydroxylation is 1. The average molecular weight is 305 g/mol. The number of carbonyl (C=O) groups excluding carboxylic acids is 1. The summed E-state index contributed by atoms with van der Waals surface area (Å²) < 4.78 is 4.81. The van der Waals surface area contributed by atoms with E-state index < -0.39 is 0 Å². The second kappa shape index (κ2) is 6.69. The van der Waals surface area contributed by atoms with E-state index in [1.165, 1.54) is 10.5 Å². The molecule has 0 aliphatic rings. The summed E-state index contributed by atoms with van der Waals surface area (Å²) >= 11 is 5.34. The fraction of sp³-hybridized carbons (Fsp3) is 0.333. The van der Waals surface area contributed by atoms with Crippen LogP contribution >= 0.6 is 12.2 Å². The first-order valence-electron chi connectivity index (χ1n) is 6.85. The SMILES string of the molecule is CNC(=O)c1ccc(C[NH+](C)Cn2ccn(C)c2=S)cc1. The Morgan fingerprint density at radius 1 is 1.29 bits per heavy atom. The van der Waals surface area contributed by atoms with Gasteiger partial charge in [-0.05, 0) is 24.4 Å². The van der Waals surface area contributed by atoms with Crippen molar-refractivity contribution in [3.63, 3.8) is 0 Å². The molecule has 1 amide bonds. The molecule has 1 atom stereocenters. The highest BCUT2D eigenvalue weighted by atomic mass is 32.1. The molecule has 2 rings (SSSR count). The van der Waals surface area contributed by atoms with Crippen LogP contribution in [0.25, 0.3) is 0 Å². The lowest BCUT2D eigenvalue weighted by molar-refractivity contribution is -0.917. The van der Waals surface area contributed by atoms with Crippen LogP contribution in [0.15, 0.2) is 36.7 Å². The third-order valence-electron chi connectivity index (χ3n) is 3.41. The smallest absolute Gasteiger partial charge is 0.251 e. The number of hydrogen-bond donors (Lipinski definition) is 2. The van der Waals surface area contributed by atoms with Crippen molar-refractivity contribution in [3.8, 4) is 0 Å². The van der Waals surface area contributed by atoms with Crippen molar-refractivity contribution in [2.45, 2.75) is 13.2 Å². The third kappa shape index (κ3) is 3.80. The lowest BCUT2D eigenvalue weighted by Gasteiger charge is -2.15. The van der Waals surface area contributed by atoms with Crippen molar-refractivity contribution in [1.29, 1.82) is 0 Å². The van der Waals surface area contributed by atoms with Gasteiger partial charge in [-0.25, -0.2) is 0 Å². The van der Waals surface area contributed by atoms with E-state index in [2.05, 4.69) is 16.9 Å². The van der Waals surface area contributed by atoms with Crippen LogP contribution in [-0.4, -0.2) is 29.1 Å². The third-order valence-corrected chi connectivity index (χ3v) is 3.93. The van der Waals surface area contributed by atoms with E-state index in [4.69, 9.17) is 12.2 Å². The Bertz CT molecular complexity index is 672. The molecular formula is C15H21N4OS+. The average Bonchev–Trinajstić information content (AvgIpc) is 2.79. The summed E-state index contributed by atoms with van der Waals surface area (Å²) in [5, 5.41) is 2.62. The molecule has 0 saturated heterocycles. The number of benzene rings is 1. The van der Waals surface area contributed by atoms with E-state index in [1.807, 2.05) is 48.3 Å². The molecule has 0 aliphatic heterocycles. The number of amides is 1. The second-order valence-corrected chi connectivity index (χ2v) is 5.59. The van der Waals surface area contributed by atoms with Gasteiger partial charge in [-0.2, -0.15) is 0 Å². The molecule has 0 aliphatic carbocycles. The summed E-state index contributed by atoms with van der Waals surface area (Å²) in [5.74, 6) is -0.0576. The fourth-order valence-corrected chi connectivity index (χ4v) is 2.43. The molecule has 0 spiro atoms. The predicted molar refractivity (Wildman–Crippen MR) is 84.7 cm³/mol. The Morgan fingerprint density at radius 3 is 2.48 bits per heavy atom. The first kappa shape index (κ1) is 15.5. The van der Waals surface area contributed by atoms with Crippen LogP contribution in [0.1, 0.15) is 15.9 Å². The standard InChI is InChI=1S/C15H20N4OS/c1-16-14(20)13-6-4-12(5-7-13)10-17(2)11-19-9-8-18(3)15(19)21/h4-9H,10-11H2,1-3H3,(H,16,20)/p+1. The van der Waals surface area contributed by atoms with Crippen molar-refractivity contribution in [2.24, 2.45) is 7.05 Å².